The van der Waals surface area contributed by atoms with Crippen molar-refractivity contribution in [2.24, 2.45) is 5.73 Å². The Labute approximate surface area is 95.5 Å². The van der Waals surface area contributed by atoms with Crippen molar-refractivity contribution in [3.8, 4) is 0 Å². The smallest absolute Gasteiger partial charge is 0.123 e. The fourth-order valence-electron chi connectivity index (χ4n) is 2.18. The Morgan fingerprint density at radius 2 is 2.12 bits per heavy atom. The molecule has 0 amide bonds. The minimum Gasteiger partial charge on any atom is -0.398 e. The molecule has 0 unspecified atom stereocenters. The van der Waals surface area contributed by atoms with E-state index in [4.69, 9.17) is 5.73 Å². The fraction of sp³-hybridized carbons (Fsp3) is 0.286. The minimum atomic E-state index is -0.243. The van der Waals surface area contributed by atoms with E-state index < -0.39 is 0 Å². The second kappa shape index (κ2) is 4.12. The van der Waals surface area contributed by atoms with Gasteiger partial charge in [-0.25, -0.2) is 4.39 Å². The second-order valence-corrected chi connectivity index (χ2v) is 4.31. The van der Waals surface area contributed by atoms with Gasteiger partial charge >= 0.3 is 0 Å². The van der Waals surface area contributed by atoms with Gasteiger partial charge < -0.3 is 5.73 Å². The van der Waals surface area contributed by atoms with E-state index in [2.05, 4.69) is 6.58 Å². The fourth-order valence-corrected chi connectivity index (χ4v) is 2.18. The topological polar surface area (TPSA) is 26.0 Å². The van der Waals surface area contributed by atoms with Gasteiger partial charge in [0.1, 0.15) is 5.82 Å². The predicted octanol–water partition coefficient (Wildman–Crippen LogP) is 3.54. The first-order chi connectivity index (χ1) is 7.59. The average molecular weight is 217 g/mol. The number of halogens is 1. The molecule has 0 bridgehead atoms. The lowest BCUT2D eigenvalue weighted by atomic mass is 9.99. The normalized spacial score (nSPS) is 19.0. The van der Waals surface area contributed by atoms with Crippen molar-refractivity contribution in [1.29, 1.82) is 0 Å². The van der Waals surface area contributed by atoms with E-state index in [1.807, 2.05) is 6.92 Å². The Morgan fingerprint density at radius 1 is 1.38 bits per heavy atom. The summed E-state index contributed by atoms with van der Waals surface area (Å²) in [6.07, 6.45) is 3.06. The summed E-state index contributed by atoms with van der Waals surface area (Å²) in [7, 11) is 0. The molecule has 0 radical (unpaired) electrons. The zero-order chi connectivity index (χ0) is 11.7. The lowest BCUT2D eigenvalue weighted by molar-refractivity contribution is 0.627. The van der Waals surface area contributed by atoms with Crippen LogP contribution in [0.3, 0.4) is 0 Å². The van der Waals surface area contributed by atoms with Crippen LogP contribution in [0.5, 0.6) is 0 Å². The molecule has 1 nitrogen and oxygen atoms in total. The zero-order valence-corrected chi connectivity index (χ0v) is 9.52. The summed E-state index contributed by atoms with van der Waals surface area (Å²) < 4.78 is 13.2. The number of rotatable bonds is 1. The van der Waals surface area contributed by atoms with E-state index in [0.29, 0.717) is 5.70 Å². The third-order valence-corrected chi connectivity index (χ3v) is 3.15. The van der Waals surface area contributed by atoms with E-state index in [0.717, 1.165) is 41.5 Å². The maximum atomic E-state index is 13.2. The Bertz CT molecular complexity index is 472. The first-order valence-electron chi connectivity index (χ1n) is 5.53. The third-order valence-electron chi connectivity index (χ3n) is 3.15. The van der Waals surface area contributed by atoms with Crippen LogP contribution in [0.25, 0.3) is 5.70 Å². The maximum Gasteiger partial charge on any atom is 0.123 e. The van der Waals surface area contributed by atoms with Gasteiger partial charge in [0.05, 0.1) is 0 Å². The largest absolute Gasteiger partial charge is 0.398 e. The van der Waals surface area contributed by atoms with Crippen LogP contribution >= 0.6 is 0 Å². The number of nitrogens with two attached hydrogens (primary N) is 1. The monoisotopic (exact) mass is 217 g/mol. The number of aryl methyl sites for hydroxylation is 1. The molecule has 0 aliphatic heterocycles. The van der Waals surface area contributed by atoms with E-state index in [-0.39, 0.29) is 5.82 Å². The molecular formula is C14H16FN. The van der Waals surface area contributed by atoms with Crippen molar-refractivity contribution in [1.82, 2.24) is 0 Å². The average Bonchev–Trinajstić information content (AvgIpc) is 2.67. The van der Waals surface area contributed by atoms with Crippen LogP contribution in [0.2, 0.25) is 0 Å². The summed E-state index contributed by atoms with van der Waals surface area (Å²) in [5.74, 6) is -0.243. The van der Waals surface area contributed by atoms with Crippen molar-refractivity contribution in [3.63, 3.8) is 0 Å². The Morgan fingerprint density at radius 3 is 2.75 bits per heavy atom. The van der Waals surface area contributed by atoms with Crippen LogP contribution in [0, 0.1) is 12.7 Å². The lowest BCUT2D eigenvalue weighted by Crippen LogP contribution is -2.03. The minimum absolute atomic E-state index is 0.243. The molecule has 2 N–H and O–H groups in total. The molecule has 0 spiro atoms. The van der Waals surface area contributed by atoms with Gasteiger partial charge in [-0.05, 0) is 55.0 Å². The molecule has 1 fully saturated rings. The Balaban J connectivity index is 2.51. The second-order valence-electron chi connectivity index (χ2n) is 4.31. The Kier molecular flexibility index (Phi) is 2.82. The summed E-state index contributed by atoms with van der Waals surface area (Å²) in [5, 5.41) is 0. The number of allylic oxidation sites excluding steroid dienone is 2. The van der Waals surface area contributed by atoms with E-state index in [1.165, 1.54) is 12.1 Å². The summed E-state index contributed by atoms with van der Waals surface area (Å²) in [6, 6.07) is 4.72. The van der Waals surface area contributed by atoms with Crippen molar-refractivity contribution < 1.29 is 4.39 Å². The van der Waals surface area contributed by atoms with Crippen LogP contribution in [-0.4, -0.2) is 0 Å². The standard InChI is InChI=1S/C14H16FN/c1-9-4-3-5-12(9)14(16)13-8-11(15)7-6-10(13)2/h6-8H,1,3-5,16H2,2H3/b14-12+. The van der Waals surface area contributed by atoms with Crippen molar-refractivity contribution in [2.75, 3.05) is 0 Å². The molecule has 0 heterocycles. The number of hydrogen-bond donors (Lipinski definition) is 1. The molecule has 1 aromatic carbocycles. The van der Waals surface area contributed by atoms with Gasteiger partial charge in [-0.3, -0.25) is 0 Å². The third kappa shape index (κ3) is 1.87. The SMILES string of the molecule is C=C1CCC/C1=C(\N)c1cc(F)ccc1C. The van der Waals surface area contributed by atoms with Crippen LogP contribution in [0.1, 0.15) is 30.4 Å². The molecule has 1 aliphatic carbocycles. The Hall–Kier alpha value is -1.57. The summed E-state index contributed by atoms with van der Waals surface area (Å²) in [5.41, 5.74) is 10.8. The molecular weight excluding hydrogens is 201 g/mol. The predicted molar refractivity (Wildman–Crippen MR) is 65.2 cm³/mol. The molecule has 2 rings (SSSR count). The summed E-state index contributed by atoms with van der Waals surface area (Å²) >= 11 is 0. The first kappa shape index (κ1) is 10.9. The highest BCUT2D eigenvalue weighted by atomic mass is 19.1. The quantitative estimate of drug-likeness (QED) is 0.765. The first-order valence-corrected chi connectivity index (χ1v) is 5.53. The lowest BCUT2D eigenvalue weighted by Gasteiger charge is -2.10. The van der Waals surface area contributed by atoms with Gasteiger partial charge in [-0.2, -0.15) is 0 Å². The highest BCUT2D eigenvalue weighted by Crippen LogP contribution is 2.33. The van der Waals surface area contributed by atoms with Crippen LogP contribution < -0.4 is 5.73 Å². The van der Waals surface area contributed by atoms with Gasteiger partial charge in [0, 0.05) is 11.3 Å². The van der Waals surface area contributed by atoms with Gasteiger partial charge in [-0.1, -0.05) is 12.6 Å². The molecule has 2 heteroatoms. The van der Waals surface area contributed by atoms with Crippen LogP contribution in [0.15, 0.2) is 35.9 Å². The molecule has 16 heavy (non-hydrogen) atoms. The van der Waals surface area contributed by atoms with E-state index >= 15 is 0 Å². The van der Waals surface area contributed by atoms with Gasteiger partial charge in [0.25, 0.3) is 0 Å². The van der Waals surface area contributed by atoms with Crippen LogP contribution in [0.4, 0.5) is 4.39 Å². The molecule has 0 saturated heterocycles. The number of hydrogen-bond acceptors (Lipinski definition) is 1. The molecule has 1 aliphatic rings. The molecule has 0 atom stereocenters. The molecule has 0 aromatic heterocycles. The molecule has 1 aromatic rings. The highest BCUT2D eigenvalue weighted by Gasteiger charge is 2.16. The van der Waals surface area contributed by atoms with Crippen molar-refractivity contribution in [2.45, 2.75) is 26.2 Å². The highest BCUT2D eigenvalue weighted by molar-refractivity contribution is 5.72. The maximum absolute atomic E-state index is 13.2. The van der Waals surface area contributed by atoms with Crippen LogP contribution in [-0.2, 0) is 0 Å². The van der Waals surface area contributed by atoms with Gasteiger partial charge in [0.2, 0.25) is 0 Å². The van der Waals surface area contributed by atoms with Gasteiger partial charge in [-0.15, -0.1) is 0 Å². The van der Waals surface area contributed by atoms with Gasteiger partial charge in [0.15, 0.2) is 0 Å². The molecule has 1 saturated carbocycles. The zero-order valence-electron chi connectivity index (χ0n) is 9.52. The van der Waals surface area contributed by atoms with E-state index in [9.17, 15) is 4.39 Å². The number of benzene rings is 1. The van der Waals surface area contributed by atoms with Crippen molar-refractivity contribution >= 4 is 5.70 Å². The van der Waals surface area contributed by atoms with Crippen molar-refractivity contribution in [3.05, 3.63) is 52.9 Å². The molecule has 84 valence electrons. The summed E-state index contributed by atoms with van der Waals surface area (Å²) in [4.78, 5) is 0. The van der Waals surface area contributed by atoms with E-state index in [1.54, 1.807) is 6.07 Å². The summed E-state index contributed by atoms with van der Waals surface area (Å²) in [6.45, 7) is 5.95.